The second kappa shape index (κ2) is 5.01. The number of carbonyl (C=O) groups excluding carboxylic acids is 1. The molecule has 0 bridgehead atoms. The van der Waals surface area contributed by atoms with Crippen molar-refractivity contribution in [3.63, 3.8) is 0 Å². The van der Waals surface area contributed by atoms with Crippen molar-refractivity contribution in [2.75, 3.05) is 6.54 Å². The molecule has 0 unspecified atom stereocenters. The summed E-state index contributed by atoms with van der Waals surface area (Å²) in [4.78, 5) is 24.8. The summed E-state index contributed by atoms with van der Waals surface area (Å²) in [5, 5.41) is 15.4. The van der Waals surface area contributed by atoms with Crippen molar-refractivity contribution in [2.24, 2.45) is 0 Å². The van der Waals surface area contributed by atoms with Crippen molar-refractivity contribution in [3.8, 4) is 0 Å². The molecule has 0 radical (unpaired) electrons. The van der Waals surface area contributed by atoms with Gasteiger partial charge in [-0.2, -0.15) is 5.10 Å². The van der Waals surface area contributed by atoms with Crippen molar-refractivity contribution in [1.29, 1.82) is 0 Å². The number of nitrogens with one attached hydrogen (secondary N) is 1. The predicted molar refractivity (Wildman–Crippen MR) is 70.4 cm³/mol. The van der Waals surface area contributed by atoms with E-state index in [0.29, 0.717) is 24.2 Å². The number of hydrogen-bond donors (Lipinski definition) is 2. The Morgan fingerprint density at radius 1 is 1.33 bits per heavy atom. The van der Waals surface area contributed by atoms with Gasteiger partial charge in [-0.3, -0.25) is 9.89 Å². The van der Waals surface area contributed by atoms with Gasteiger partial charge in [-0.15, -0.1) is 0 Å². The number of aromatic nitrogens is 2. The van der Waals surface area contributed by atoms with Gasteiger partial charge in [0.05, 0.1) is 17.8 Å². The van der Waals surface area contributed by atoms with Crippen LogP contribution in [0.25, 0.3) is 0 Å². The van der Waals surface area contributed by atoms with E-state index in [1.807, 2.05) is 0 Å². The molecular formula is C14H12FN3O3. The maximum Gasteiger partial charge on any atom is 0.356 e. The standard InChI is InChI=1S/C14H12FN3O3/c15-10-4-2-1-3-8(10)13(19)18-6-5-9-11(7-18)16-17-12(9)14(20)21/h1-4H,5-7H2,(H,16,17)(H,20,21). The number of hydrogen-bond acceptors (Lipinski definition) is 3. The van der Waals surface area contributed by atoms with E-state index in [0.717, 1.165) is 0 Å². The van der Waals surface area contributed by atoms with Crippen LogP contribution in [0.5, 0.6) is 0 Å². The lowest BCUT2D eigenvalue weighted by molar-refractivity contribution is 0.0689. The van der Waals surface area contributed by atoms with Crippen molar-refractivity contribution >= 4 is 11.9 Å². The zero-order chi connectivity index (χ0) is 15.0. The molecule has 2 heterocycles. The van der Waals surface area contributed by atoms with Crippen molar-refractivity contribution < 1.29 is 19.1 Å². The summed E-state index contributed by atoms with van der Waals surface area (Å²) in [6.45, 7) is 0.531. The highest BCUT2D eigenvalue weighted by Gasteiger charge is 2.28. The van der Waals surface area contributed by atoms with Crippen LogP contribution < -0.4 is 0 Å². The van der Waals surface area contributed by atoms with E-state index in [-0.39, 0.29) is 17.8 Å². The number of rotatable bonds is 2. The van der Waals surface area contributed by atoms with Gasteiger partial charge in [-0.05, 0) is 18.6 Å². The smallest absolute Gasteiger partial charge is 0.356 e. The molecule has 21 heavy (non-hydrogen) atoms. The number of amides is 1. The molecule has 1 aromatic heterocycles. The van der Waals surface area contributed by atoms with Gasteiger partial charge in [0.15, 0.2) is 5.69 Å². The fourth-order valence-electron chi connectivity index (χ4n) is 2.47. The van der Waals surface area contributed by atoms with Gasteiger partial charge in [-0.25, -0.2) is 9.18 Å². The SMILES string of the molecule is O=C(O)c1n[nH]c2c1CCN(C(=O)c1ccccc1F)C2. The van der Waals surface area contributed by atoms with Gasteiger partial charge in [0.2, 0.25) is 0 Å². The number of carboxylic acids is 1. The Labute approximate surface area is 119 Å². The second-order valence-corrected chi connectivity index (χ2v) is 4.79. The van der Waals surface area contributed by atoms with Crippen LogP contribution in [0.2, 0.25) is 0 Å². The third-order valence-electron chi connectivity index (χ3n) is 3.53. The van der Waals surface area contributed by atoms with Gasteiger partial charge in [0, 0.05) is 12.1 Å². The summed E-state index contributed by atoms with van der Waals surface area (Å²) in [5.41, 5.74) is 1.20. The van der Waals surface area contributed by atoms with Crippen LogP contribution in [-0.2, 0) is 13.0 Å². The summed E-state index contributed by atoms with van der Waals surface area (Å²) in [5.74, 6) is -2.07. The Morgan fingerprint density at radius 3 is 2.81 bits per heavy atom. The zero-order valence-electron chi connectivity index (χ0n) is 11.0. The fraction of sp³-hybridized carbons (Fsp3) is 0.214. The fourth-order valence-corrected chi connectivity index (χ4v) is 2.47. The second-order valence-electron chi connectivity index (χ2n) is 4.79. The molecule has 1 aromatic carbocycles. The minimum atomic E-state index is -1.10. The van der Waals surface area contributed by atoms with E-state index in [4.69, 9.17) is 5.11 Å². The number of benzene rings is 1. The Bertz CT molecular complexity index is 726. The number of nitrogens with zero attached hydrogens (tertiary/aromatic N) is 2. The number of aromatic carboxylic acids is 1. The van der Waals surface area contributed by atoms with E-state index < -0.39 is 17.7 Å². The lowest BCUT2D eigenvalue weighted by atomic mass is 10.0. The van der Waals surface area contributed by atoms with Gasteiger partial charge < -0.3 is 10.0 Å². The van der Waals surface area contributed by atoms with E-state index in [2.05, 4.69) is 10.2 Å². The summed E-state index contributed by atoms with van der Waals surface area (Å²) in [7, 11) is 0. The van der Waals surface area contributed by atoms with Crippen molar-refractivity contribution in [3.05, 3.63) is 52.6 Å². The summed E-state index contributed by atoms with van der Waals surface area (Å²) >= 11 is 0. The van der Waals surface area contributed by atoms with Crippen LogP contribution in [0, 0.1) is 5.82 Å². The first kappa shape index (κ1) is 13.3. The molecular weight excluding hydrogens is 277 g/mol. The molecule has 3 rings (SSSR count). The lowest BCUT2D eigenvalue weighted by Crippen LogP contribution is -2.36. The number of H-pyrrole nitrogens is 1. The largest absolute Gasteiger partial charge is 0.476 e. The normalized spacial score (nSPS) is 13.9. The number of carbonyl (C=O) groups is 2. The number of halogens is 1. The average Bonchev–Trinajstić information content (AvgIpc) is 2.90. The number of carboxylic acid groups (broad SMARTS) is 1. The molecule has 108 valence electrons. The van der Waals surface area contributed by atoms with E-state index in [1.54, 1.807) is 6.07 Å². The van der Waals surface area contributed by atoms with Crippen LogP contribution in [0.15, 0.2) is 24.3 Å². The topological polar surface area (TPSA) is 86.3 Å². The first-order valence-corrected chi connectivity index (χ1v) is 6.41. The summed E-state index contributed by atoms with van der Waals surface area (Å²) in [6, 6.07) is 5.79. The molecule has 0 fully saturated rings. The highest BCUT2D eigenvalue weighted by atomic mass is 19.1. The summed E-state index contributed by atoms with van der Waals surface area (Å²) in [6.07, 6.45) is 0.383. The molecule has 2 aromatic rings. The minimum Gasteiger partial charge on any atom is -0.476 e. The molecule has 1 aliphatic heterocycles. The maximum atomic E-state index is 13.7. The van der Waals surface area contributed by atoms with Crippen molar-refractivity contribution in [2.45, 2.75) is 13.0 Å². The molecule has 6 nitrogen and oxygen atoms in total. The Kier molecular flexibility index (Phi) is 3.17. The Hall–Kier alpha value is -2.70. The highest BCUT2D eigenvalue weighted by Crippen LogP contribution is 2.22. The van der Waals surface area contributed by atoms with Gasteiger partial charge >= 0.3 is 5.97 Å². The van der Waals surface area contributed by atoms with Crippen molar-refractivity contribution in [1.82, 2.24) is 15.1 Å². The maximum absolute atomic E-state index is 13.7. The number of aromatic amines is 1. The van der Waals surface area contributed by atoms with E-state index >= 15 is 0 Å². The molecule has 1 aliphatic rings. The molecule has 0 atom stereocenters. The minimum absolute atomic E-state index is 0.0111. The van der Waals surface area contributed by atoms with Crippen LogP contribution in [-0.4, -0.2) is 38.6 Å². The highest BCUT2D eigenvalue weighted by molar-refractivity contribution is 5.94. The van der Waals surface area contributed by atoms with Crippen LogP contribution >= 0.6 is 0 Å². The summed E-state index contributed by atoms with van der Waals surface area (Å²) < 4.78 is 13.7. The molecule has 0 saturated carbocycles. The molecule has 2 N–H and O–H groups in total. The average molecular weight is 289 g/mol. The number of fused-ring (bicyclic) bond motifs is 1. The van der Waals surface area contributed by atoms with Gasteiger partial charge in [0.25, 0.3) is 5.91 Å². The first-order valence-electron chi connectivity index (χ1n) is 6.41. The van der Waals surface area contributed by atoms with Crippen LogP contribution in [0.4, 0.5) is 4.39 Å². The van der Waals surface area contributed by atoms with Gasteiger partial charge in [-0.1, -0.05) is 12.1 Å². The first-order chi connectivity index (χ1) is 10.1. The Balaban J connectivity index is 1.85. The molecule has 7 heteroatoms. The molecule has 0 aliphatic carbocycles. The molecule has 0 spiro atoms. The lowest BCUT2D eigenvalue weighted by Gasteiger charge is -2.26. The monoisotopic (exact) mass is 289 g/mol. The predicted octanol–water partition coefficient (Wildman–Crippen LogP) is 1.45. The third kappa shape index (κ3) is 2.26. The van der Waals surface area contributed by atoms with E-state index in [9.17, 15) is 14.0 Å². The molecule has 0 saturated heterocycles. The van der Waals surface area contributed by atoms with Crippen LogP contribution in [0.1, 0.15) is 32.1 Å². The van der Waals surface area contributed by atoms with Gasteiger partial charge in [0.1, 0.15) is 5.82 Å². The quantitative estimate of drug-likeness (QED) is 0.876. The Morgan fingerprint density at radius 2 is 2.10 bits per heavy atom. The van der Waals surface area contributed by atoms with Crippen LogP contribution in [0.3, 0.4) is 0 Å². The zero-order valence-corrected chi connectivity index (χ0v) is 11.0. The van der Waals surface area contributed by atoms with E-state index in [1.165, 1.54) is 23.1 Å². The molecule has 1 amide bonds. The third-order valence-corrected chi connectivity index (χ3v) is 3.53.